The molecule has 1 amide bonds. The number of nitrogens with zero attached hydrogens (tertiary/aromatic N) is 2. The molecule has 0 unspecified atom stereocenters. The van der Waals surface area contributed by atoms with Gasteiger partial charge in [-0.15, -0.1) is 0 Å². The van der Waals surface area contributed by atoms with E-state index in [0.717, 1.165) is 5.56 Å². The molecular formula is C16H16N4O. The smallest absolute Gasteiger partial charge is 0.236 e. The van der Waals surface area contributed by atoms with Crippen LogP contribution in [0.1, 0.15) is 11.1 Å². The van der Waals surface area contributed by atoms with E-state index >= 15 is 0 Å². The standard InChI is InChI=1S/C16H16N4O/c17-9-13-3-1-2-4-15(13)20(11-16(19)21)10-12-5-7-14(18)8-6-12/h1-8H,10-11,18H2,(H2,19,21). The van der Waals surface area contributed by atoms with Crippen molar-refractivity contribution in [1.29, 1.82) is 5.26 Å². The van der Waals surface area contributed by atoms with Gasteiger partial charge in [0.05, 0.1) is 17.8 Å². The van der Waals surface area contributed by atoms with E-state index in [4.69, 9.17) is 11.5 Å². The van der Waals surface area contributed by atoms with Crippen molar-refractivity contribution in [3.63, 3.8) is 0 Å². The number of amides is 1. The number of hydrogen-bond donors (Lipinski definition) is 2. The van der Waals surface area contributed by atoms with Crippen LogP contribution in [0, 0.1) is 11.3 Å². The van der Waals surface area contributed by atoms with E-state index in [1.54, 1.807) is 35.2 Å². The normalized spacial score (nSPS) is 9.86. The second-order valence-electron chi connectivity index (χ2n) is 4.69. The highest BCUT2D eigenvalue weighted by Crippen LogP contribution is 2.21. The summed E-state index contributed by atoms with van der Waals surface area (Å²) in [5, 5.41) is 9.19. The molecule has 0 spiro atoms. The number of carbonyl (C=O) groups is 1. The lowest BCUT2D eigenvalue weighted by atomic mass is 10.1. The maximum Gasteiger partial charge on any atom is 0.236 e. The zero-order chi connectivity index (χ0) is 15.2. The summed E-state index contributed by atoms with van der Waals surface area (Å²) in [6.07, 6.45) is 0. The van der Waals surface area contributed by atoms with Crippen LogP contribution in [0.5, 0.6) is 0 Å². The molecule has 5 nitrogen and oxygen atoms in total. The molecule has 2 rings (SSSR count). The van der Waals surface area contributed by atoms with Gasteiger partial charge in [0.15, 0.2) is 0 Å². The summed E-state index contributed by atoms with van der Waals surface area (Å²) in [4.78, 5) is 13.1. The van der Waals surface area contributed by atoms with Gasteiger partial charge in [-0.05, 0) is 29.8 Å². The molecule has 4 N–H and O–H groups in total. The summed E-state index contributed by atoms with van der Waals surface area (Å²) in [7, 11) is 0. The van der Waals surface area contributed by atoms with Crippen molar-refractivity contribution in [3.05, 3.63) is 59.7 Å². The van der Waals surface area contributed by atoms with Gasteiger partial charge >= 0.3 is 0 Å². The van der Waals surface area contributed by atoms with Crippen molar-refractivity contribution >= 4 is 17.3 Å². The molecule has 5 heteroatoms. The van der Waals surface area contributed by atoms with Crippen molar-refractivity contribution < 1.29 is 4.79 Å². The highest BCUT2D eigenvalue weighted by Gasteiger charge is 2.13. The lowest BCUT2D eigenvalue weighted by Gasteiger charge is -2.24. The number of rotatable bonds is 5. The van der Waals surface area contributed by atoms with E-state index in [-0.39, 0.29) is 6.54 Å². The highest BCUT2D eigenvalue weighted by molar-refractivity contribution is 5.80. The van der Waals surface area contributed by atoms with Crippen LogP contribution in [0.2, 0.25) is 0 Å². The third-order valence-corrected chi connectivity index (χ3v) is 3.07. The molecule has 0 fully saturated rings. The van der Waals surface area contributed by atoms with Gasteiger partial charge in [0.25, 0.3) is 0 Å². The van der Waals surface area contributed by atoms with Crippen LogP contribution < -0.4 is 16.4 Å². The molecule has 0 aliphatic rings. The predicted molar refractivity (Wildman–Crippen MR) is 82.3 cm³/mol. The van der Waals surface area contributed by atoms with Gasteiger partial charge in [0.1, 0.15) is 6.07 Å². The first kappa shape index (κ1) is 14.4. The fourth-order valence-electron chi connectivity index (χ4n) is 2.10. The number of nitrogens with two attached hydrogens (primary N) is 2. The molecule has 0 radical (unpaired) electrons. The number of nitrogen functional groups attached to an aromatic ring is 1. The number of para-hydroxylation sites is 1. The largest absolute Gasteiger partial charge is 0.399 e. The van der Waals surface area contributed by atoms with E-state index in [1.807, 2.05) is 18.2 Å². The molecular weight excluding hydrogens is 264 g/mol. The summed E-state index contributed by atoms with van der Waals surface area (Å²) in [5.74, 6) is -0.446. The molecule has 0 saturated carbocycles. The predicted octanol–water partition coefficient (Wildman–Crippen LogP) is 1.63. The van der Waals surface area contributed by atoms with Crippen LogP contribution >= 0.6 is 0 Å². The summed E-state index contributed by atoms with van der Waals surface area (Å²) in [6, 6.07) is 16.6. The topological polar surface area (TPSA) is 96.1 Å². The van der Waals surface area contributed by atoms with Gasteiger partial charge < -0.3 is 16.4 Å². The van der Waals surface area contributed by atoms with Gasteiger partial charge in [-0.25, -0.2) is 0 Å². The molecule has 0 atom stereocenters. The minimum absolute atomic E-state index is 0.0447. The Kier molecular flexibility index (Phi) is 4.42. The Bertz CT molecular complexity index is 673. The lowest BCUT2D eigenvalue weighted by molar-refractivity contribution is -0.116. The molecule has 2 aromatic rings. The van der Waals surface area contributed by atoms with Crippen molar-refractivity contribution in [2.45, 2.75) is 6.54 Å². The van der Waals surface area contributed by atoms with Crippen molar-refractivity contribution in [2.75, 3.05) is 17.2 Å². The third kappa shape index (κ3) is 3.74. The monoisotopic (exact) mass is 280 g/mol. The van der Waals surface area contributed by atoms with Crippen molar-refractivity contribution in [1.82, 2.24) is 0 Å². The quantitative estimate of drug-likeness (QED) is 0.813. The first-order valence-corrected chi connectivity index (χ1v) is 6.47. The number of primary amides is 1. The lowest BCUT2D eigenvalue weighted by Crippen LogP contribution is -2.33. The zero-order valence-corrected chi connectivity index (χ0v) is 11.5. The van der Waals surface area contributed by atoms with Gasteiger partial charge in [0.2, 0.25) is 5.91 Å². The van der Waals surface area contributed by atoms with Crippen molar-refractivity contribution in [2.24, 2.45) is 5.73 Å². The van der Waals surface area contributed by atoms with E-state index < -0.39 is 5.91 Å². The number of nitriles is 1. The van der Waals surface area contributed by atoms with Crippen LogP contribution in [0.25, 0.3) is 0 Å². The maximum absolute atomic E-state index is 11.3. The second-order valence-corrected chi connectivity index (χ2v) is 4.69. The Morgan fingerprint density at radius 2 is 1.81 bits per heavy atom. The van der Waals surface area contributed by atoms with Gasteiger partial charge in [-0.3, -0.25) is 4.79 Å². The van der Waals surface area contributed by atoms with Crippen LogP contribution in [0.3, 0.4) is 0 Å². The van der Waals surface area contributed by atoms with Crippen LogP contribution in [-0.4, -0.2) is 12.5 Å². The Labute approximate surface area is 123 Å². The molecule has 0 aliphatic heterocycles. The average molecular weight is 280 g/mol. The van der Waals surface area contributed by atoms with Crippen molar-refractivity contribution in [3.8, 4) is 6.07 Å². The van der Waals surface area contributed by atoms with E-state index in [1.165, 1.54) is 0 Å². The molecule has 106 valence electrons. The molecule has 0 aliphatic carbocycles. The maximum atomic E-state index is 11.3. The second kappa shape index (κ2) is 6.44. The van der Waals surface area contributed by atoms with E-state index in [2.05, 4.69) is 6.07 Å². The Morgan fingerprint density at radius 1 is 1.14 bits per heavy atom. The summed E-state index contributed by atoms with van der Waals surface area (Å²) in [5.41, 5.74) is 13.8. The fourth-order valence-corrected chi connectivity index (χ4v) is 2.10. The van der Waals surface area contributed by atoms with Crippen LogP contribution in [0.15, 0.2) is 48.5 Å². The van der Waals surface area contributed by atoms with E-state index in [0.29, 0.717) is 23.5 Å². The van der Waals surface area contributed by atoms with Gasteiger partial charge in [-0.2, -0.15) is 5.26 Å². The molecule has 0 bridgehead atoms. The molecule has 0 aromatic heterocycles. The summed E-state index contributed by atoms with van der Waals surface area (Å²) < 4.78 is 0. The third-order valence-electron chi connectivity index (χ3n) is 3.07. The average Bonchev–Trinajstić information content (AvgIpc) is 2.48. The van der Waals surface area contributed by atoms with E-state index in [9.17, 15) is 10.1 Å². The first-order chi connectivity index (χ1) is 10.1. The van der Waals surface area contributed by atoms with Crippen LogP contribution in [0.4, 0.5) is 11.4 Å². The molecule has 0 heterocycles. The van der Waals surface area contributed by atoms with Gasteiger partial charge in [0, 0.05) is 12.2 Å². The number of anilines is 2. The summed E-state index contributed by atoms with van der Waals surface area (Å²) >= 11 is 0. The van der Waals surface area contributed by atoms with Gasteiger partial charge in [-0.1, -0.05) is 24.3 Å². The number of hydrogen-bond acceptors (Lipinski definition) is 4. The Hall–Kier alpha value is -3.00. The minimum Gasteiger partial charge on any atom is -0.399 e. The number of benzene rings is 2. The Balaban J connectivity index is 2.32. The number of carbonyl (C=O) groups excluding carboxylic acids is 1. The minimum atomic E-state index is -0.446. The summed E-state index contributed by atoms with van der Waals surface area (Å²) in [6.45, 7) is 0.519. The SMILES string of the molecule is N#Cc1ccccc1N(CC(N)=O)Cc1ccc(N)cc1. The molecule has 2 aromatic carbocycles. The molecule has 0 saturated heterocycles. The highest BCUT2D eigenvalue weighted by atomic mass is 16.1. The molecule has 21 heavy (non-hydrogen) atoms. The van der Waals surface area contributed by atoms with Crippen LogP contribution in [-0.2, 0) is 11.3 Å². The first-order valence-electron chi connectivity index (χ1n) is 6.47. The Morgan fingerprint density at radius 3 is 2.43 bits per heavy atom. The zero-order valence-electron chi connectivity index (χ0n) is 11.5. The fraction of sp³-hybridized carbons (Fsp3) is 0.125.